The van der Waals surface area contributed by atoms with E-state index >= 15 is 0 Å². The first-order valence-electron chi connectivity index (χ1n) is 5.30. The molecule has 17 heavy (non-hydrogen) atoms. The molecule has 0 amide bonds. The summed E-state index contributed by atoms with van der Waals surface area (Å²) < 4.78 is 0. The molecule has 2 N–H and O–H groups in total. The van der Waals surface area contributed by atoms with Crippen molar-refractivity contribution in [3.8, 4) is 0 Å². The maximum atomic E-state index is 5.94. The van der Waals surface area contributed by atoms with Gasteiger partial charge in [-0.1, -0.05) is 18.5 Å². The number of nitrogen functional groups attached to an aromatic ring is 1. The molecule has 0 aliphatic heterocycles. The van der Waals surface area contributed by atoms with E-state index in [0.29, 0.717) is 5.02 Å². The quantitative estimate of drug-likeness (QED) is 0.674. The zero-order valence-corrected chi connectivity index (χ0v) is 11.8. The largest absolute Gasteiger partial charge is 0.398 e. The third-order valence-corrected chi connectivity index (χ3v) is 4.63. The normalized spacial score (nSPS) is 10.7. The molecule has 0 aliphatic carbocycles. The molecule has 0 unspecified atom stereocenters. The molecule has 90 valence electrons. The van der Waals surface area contributed by atoms with E-state index in [0.717, 1.165) is 28.5 Å². The standard InChI is InChI=1S/C12H13ClN2S2/c1-2-12-15-9(7-17-12)6-16-11-5-8(13)3-4-10(11)14/h3-5,7H,2,6,14H2,1H3. The molecule has 1 aromatic carbocycles. The van der Waals surface area contributed by atoms with Crippen LogP contribution in [0.15, 0.2) is 28.5 Å². The number of hydrogen-bond acceptors (Lipinski definition) is 4. The predicted molar refractivity (Wildman–Crippen MR) is 76.9 cm³/mol. The molecule has 0 saturated heterocycles. The van der Waals surface area contributed by atoms with Crippen LogP contribution in [0.3, 0.4) is 0 Å². The van der Waals surface area contributed by atoms with Gasteiger partial charge in [0.2, 0.25) is 0 Å². The highest BCUT2D eigenvalue weighted by Gasteiger charge is 2.04. The Morgan fingerprint density at radius 1 is 1.47 bits per heavy atom. The fourth-order valence-corrected chi connectivity index (χ4v) is 3.35. The van der Waals surface area contributed by atoms with Gasteiger partial charge in [-0.3, -0.25) is 0 Å². The summed E-state index contributed by atoms with van der Waals surface area (Å²) in [5.74, 6) is 0.834. The van der Waals surface area contributed by atoms with Gasteiger partial charge in [0.15, 0.2) is 0 Å². The van der Waals surface area contributed by atoms with Gasteiger partial charge in [0.05, 0.1) is 10.7 Å². The van der Waals surface area contributed by atoms with Crippen LogP contribution in [0.1, 0.15) is 17.6 Å². The van der Waals surface area contributed by atoms with Gasteiger partial charge < -0.3 is 5.73 Å². The number of nitrogens with zero attached hydrogens (tertiary/aromatic N) is 1. The van der Waals surface area contributed by atoms with Gasteiger partial charge in [-0.25, -0.2) is 4.98 Å². The second-order valence-electron chi connectivity index (χ2n) is 3.56. The highest BCUT2D eigenvalue weighted by atomic mass is 35.5. The predicted octanol–water partition coefficient (Wildman–Crippen LogP) is 4.23. The number of thiazole rings is 1. The van der Waals surface area contributed by atoms with Crippen LogP contribution in [0, 0.1) is 0 Å². The maximum Gasteiger partial charge on any atom is 0.0925 e. The lowest BCUT2D eigenvalue weighted by atomic mass is 10.3. The minimum Gasteiger partial charge on any atom is -0.398 e. The van der Waals surface area contributed by atoms with Crippen LogP contribution >= 0.6 is 34.7 Å². The molecular formula is C12H13ClN2S2. The zero-order chi connectivity index (χ0) is 12.3. The second kappa shape index (κ2) is 5.76. The Morgan fingerprint density at radius 3 is 3.00 bits per heavy atom. The van der Waals surface area contributed by atoms with Crippen molar-refractivity contribution in [1.82, 2.24) is 4.98 Å². The van der Waals surface area contributed by atoms with Crippen molar-refractivity contribution in [1.29, 1.82) is 0 Å². The Balaban J connectivity index is 2.04. The molecule has 0 fully saturated rings. The molecule has 1 heterocycles. The van der Waals surface area contributed by atoms with E-state index in [4.69, 9.17) is 17.3 Å². The van der Waals surface area contributed by atoms with E-state index in [2.05, 4.69) is 17.3 Å². The first-order valence-corrected chi connectivity index (χ1v) is 7.54. The topological polar surface area (TPSA) is 38.9 Å². The van der Waals surface area contributed by atoms with Crippen molar-refractivity contribution >= 4 is 40.4 Å². The molecule has 1 aromatic heterocycles. The molecule has 0 spiro atoms. The van der Waals surface area contributed by atoms with Crippen molar-refractivity contribution in [3.05, 3.63) is 39.3 Å². The van der Waals surface area contributed by atoms with Crippen LogP contribution in [0.5, 0.6) is 0 Å². The van der Waals surface area contributed by atoms with Crippen molar-refractivity contribution in [3.63, 3.8) is 0 Å². The summed E-state index contributed by atoms with van der Waals surface area (Å²) in [5.41, 5.74) is 7.76. The summed E-state index contributed by atoms with van der Waals surface area (Å²) >= 11 is 9.33. The molecule has 0 aliphatic rings. The van der Waals surface area contributed by atoms with E-state index in [9.17, 15) is 0 Å². The molecule has 5 heteroatoms. The van der Waals surface area contributed by atoms with Crippen LogP contribution in [-0.2, 0) is 12.2 Å². The number of nitrogens with two attached hydrogens (primary N) is 1. The Bertz CT molecular complexity index is 511. The SMILES string of the molecule is CCc1nc(CSc2cc(Cl)ccc2N)cs1. The van der Waals surface area contributed by atoms with Gasteiger partial charge in [-0.05, 0) is 24.6 Å². The van der Waals surface area contributed by atoms with E-state index in [1.807, 2.05) is 12.1 Å². The molecule has 2 aromatic rings. The number of hydrogen-bond donors (Lipinski definition) is 1. The molecule has 0 saturated carbocycles. The van der Waals surface area contributed by atoms with E-state index < -0.39 is 0 Å². The molecule has 0 radical (unpaired) electrons. The number of benzene rings is 1. The molecule has 0 bridgehead atoms. The fourth-order valence-electron chi connectivity index (χ4n) is 1.36. The number of aryl methyl sites for hydroxylation is 1. The Morgan fingerprint density at radius 2 is 2.29 bits per heavy atom. The van der Waals surface area contributed by atoms with Gasteiger partial charge in [0.1, 0.15) is 0 Å². The summed E-state index contributed by atoms with van der Waals surface area (Å²) in [7, 11) is 0. The van der Waals surface area contributed by atoms with Crippen LogP contribution in [0.25, 0.3) is 0 Å². The molecule has 0 atom stereocenters. The number of rotatable bonds is 4. The summed E-state index contributed by atoms with van der Waals surface area (Å²) in [6.07, 6.45) is 0.995. The van der Waals surface area contributed by atoms with E-state index in [-0.39, 0.29) is 0 Å². The summed E-state index contributed by atoms with van der Waals surface area (Å²) in [5, 5.41) is 4.00. The Hall–Kier alpha value is -0.710. The van der Waals surface area contributed by atoms with Gasteiger partial charge in [0.25, 0.3) is 0 Å². The van der Waals surface area contributed by atoms with Crippen LogP contribution < -0.4 is 5.73 Å². The van der Waals surface area contributed by atoms with Crippen molar-refractivity contribution in [2.75, 3.05) is 5.73 Å². The number of anilines is 1. The Labute approximate surface area is 114 Å². The molecule has 2 rings (SSSR count). The number of aromatic nitrogens is 1. The fraction of sp³-hybridized carbons (Fsp3) is 0.250. The lowest BCUT2D eigenvalue weighted by Crippen LogP contribution is -1.89. The van der Waals surface area contributed by atoms with Crippen molar-refractivity contribution < 1.29 is 0 Å². The average Bonchev–Trinajstić information content (AvgIpc) is 2.78. The second-order valence-corrected chi connectivity index (χ2v) is 5.95. The minimum absolute atomic E-state index is 0.717. The van der Waals surface area contributed by atoms with Gasteiger partial charge in [-0.2, -0.15) is 0 Å². The lowest BCUT2D eigenvalue weighted by Gasteiger charge is -2.04. The van der Waals surface area contributed by atoms with E-state index in [1.165, 1.54) is 5.01 Å². The Kier molecular flexibility index (Phi) is 4.31. The van der Waals surface area contributed by atoms with Crippen LogP contribution in [0.4, 0.5) is 5.69 Å². The summed E-state index contributed by atoms with van der Waals surface area (Å²) in [6.45, 7) is 2.12. The third kappa shape index (κ3) is 3.37. The number of thioether (sulfide) groups is 1. The smallest absolute Gasteiger partial charge is 0.0925 e. The lowest BCUT2D eigenvalue weighted by molar-refractivity contribution is 1.06. The molecular weight excluding hydrogens is 272 g/mol. The van der Waals surface area contributed by atoms with Gasteiger partial charge >= 0.3 is 0 Å². The van der Waals surface area contributed by atoms with Gasteiger partial charge in [0, 0.05) is 26.7 Å². The highest BCUT2D eigenvalue weighted by Crippen LogP contribution is 2.30. The average molecular weight is 285 g/mol. The zero-order valence-electron chi connectivity index (χ0n) is 9.44. The third-order valence-electron chi connectivity index (χ3n) is 2.25. The molecule has 2 nitrogen and oxygen atoms in total. The minimum atomic E-state index is 0.717. The summed E-state index contributed by atoms with van der Waals surface area (Å²) in [6, 6.07) is 5.54. The number of halogens is 1. The maximum absolute atomic E-state index is 5.94. The van der Waals surface area contributed by atoms with Crippen molar-refractivity contribution in [2.45, 2.75) is 24.0 Å². The van der Waals surface area contributed by atoms with Gasteiger partial charge in [-0.15, -0.1) is 23.1 Å². The first kappa shape index (κ1) is 12.7. The van der Waals surface area contributed by atoms with Crippen LogP contribution in [-0.4, -0.2) is 4.98 Å². The summed E-state index contributed by atoms with van der Waals surface area (Å²) in [4.78, 5) is 5.54. The monoisotopic (exact) mass is 284 g/mol. The van der Waals surface area contributed by atoms with Crippen LogP contribution in [0.2, 0.25) is 5.02 Å². The van der Waals surface area contributed by atoms with E-state index in [1.54, 1.807) is 29.2 Å². The van der Waals surface area contributed by atoms with Crippen molar-refractivity contribution in [2.24, 2.45) is 0 Å². The first-order chi connectivity index (χ1) is 8.19. The highest BCUT2D eigenvalue weighted by molar-refractivity contribution is 7.98.